The molecular formula is C31H30FN5O7S3. The number of benzene rings is 4. The molecule has 0 saturated carbocycles. The van der Waals surface area contributed by atoms with Gasteiger partial charge in [-0.15, -0.1) is 11.8 Å². The Hall–Kier alpha value is -4.51. The van der Waals surface area contributed by atoms with Gasteiger partial charge in [0.15, 0.2) is 0 Å². The van der Waals surface area contributed by atoms with Crippen LogP contribution in [-0.4, -0.2) is 70.4 Å². The van der Waals surface area contributed by atoms with E-state index in [1.54, 1.807) is 23.9 Å². The van der Waals surface area contributed by atoms with E-state index in [1.807, 2.05) is 40.0 Å². The monoisotopic (exact) mass is 699 g/mol. The number of rotatable bonds is 12. The van der Waals surface area contributed by atoms with E-state index < -0.39 is 47.3 Å². The van der Waals surface area contributed by atoms with E-state index in [9.17, 15) is 36.1 Å². The van der Waals surface area contributed by atoms with Crippen molar-refractivity contribution in [3.05, 3.63) is 119 Å². The number of piperazine rings is 1. The van der Waals surface area contributed by atoms with Gasteiger partial charge in [-0.25, -0.2) is 25.9 Å². The van der Waals surface area contributed by atoms with Crippen LogP contribution in [-0.2, 0) is 20.0 Å². The van der Waals surface area contributed by atoms with Crippen molar-refractivity contribution in [2.75, 3.05) is 48.7 Å². The highest BCUT2D eigenvalue weighted by atomic mass is 32.2. The van der Waals surface area contributed by atoms with Crippen molar-refractivity contribution in [2.45, 2.75) is 14.7 Å². The number of sulfonamides is 2. The number of hydrogen-bond donors (Lipinski definition) is 2. The molecule has 0 aromatic heterocycles. The van der Waals surface area contributed by atoms with Gasteiger partial charge < -0.3 is 10.2 Å². The molecule has 5 rings (SSSR count). The number of hydrogen-bond acceptors (Lipinski definition) is 10. The molecule has 0 unspecified atom stereocenters. The van der Waals surface area contributed by atoms with Gasteiger partial charge in [0.1, 0.15) is 11.5 Å². The molecular weight excluding hydrogens is 670 g/mol. The Kier molecular flexibility index (Phi) is 10.4. The number of amides is 1. The predicted molar refractivity (Wildman–Crippen MR) is 177 cm³/mol. The second kappa shape index (κ2) is 14.5. The van der Waals surface area contributed by atoms with Crippen molar-refractivity contribution < 1.29 is 30.9 Å². The molecule has 1 fully saturated rings. The number of anilines is 2. The van der Waals surface area contributed by atoms with E-state index in [-0.39, 0.29) is 29.2 Å². The minimum Gasteiger partial charge on any atom is -0.379 e. The summed E-state index contributed by atoms with van der Waals surface area (Å²) < 4.78 is 68.3. The Balaban J connectivity index is 1.18. The van der Waals surface area contributed by atoms with Gasteiger partial charge in [-0.05, 0) is 72.8 Å². The van der Waals surface area contributed by atoms with Crippen LogP contribution >= 0.6 is 11.8 Å². The number of thioether (sulfide) groups is 1. The smallest absolute Gasteiger partial charge is 0.293 e. The third kappa shape index (κ3) is 8.26. The molecule has 4 aromatic rings. The maximum absolute atomic E-state index is 13.2. The summed E-state index contributed by atoms with van der Waals surface area (Å²) in [5.41, 5.74) is 0.445. The molecule has 0 bridgehead atoms. The van der Waals surface area contributed by atoms with Crippen molar-refractivity contribution in [3.8, 4) is 0 Å². The molecule has 4 aromatic carbocycles. The van der Waals surface area contributed by atoms with Gasteiger partial charge in [-0.2, -0.15) is 4.31 Å². The highest BCUT2D eigenvalue weighted by Gasteiger charge is 2.29. The molecule has 1 amide bonds. The van der Waals surface area contributed by atoms with Crippen LogP contribution in [0.3, 0.4) is 0 Å². The molecule has 0 atom stereocenters. The van der Waals surface area contributed by atoms with Crippen molar-refractivity contribution in [3.63, 3.8) is 0 Å². The van der Waals surface area contributed by atoms with Gasteiger partial charge in [0.2, 0.25) is 10.0 Å². The average molecular weight is 700 g/mol. The molecule has 0 aliphatic carbocycles. The minimum atomic E-state index is -4.45. The zero-order chi connectivity index (χ0) is 33.6. The zero-order valence-electron chi connectivity index (χ0n) is 24.8. The summed E-state index contributed by atoms with van der Waals surface area (Å²) in [6, 6.07) is 23.8. The number of halogens is 1. The molecule has 1 heterocycles. The SMILES string of the molecule is O=C(NS(=O)(=O)c1ccc(NCCSc2ccccc2)c([N+](=O)[O-])c1)c1ccc(N2CCN(S(=O)(=O)c3ccc(F)cc3)CC2)cc1. The molecule has 47 heavy (non-hydrogen) atoms. The molecule has 16 heteroatoms. The number of nitrogens with one attached hydrogen (secondary N) is 2. The summed E-state index contributed by atoms with van der Waals surface area (Å²) in [7, 11) is -8.23. The molecule has 246 valence electrons. The van der Waals surface area contributed by atoms with E-state index in [0.717, 1.165) is 23.1 Å². The molecule has 0 spiro atoms. The third-order valence-electron chi connectivity index (χ3n) is 7.32. The van der Waals surface area contributed by atoms with Gasteiger partial charge >= 0.3 is 0 Å². The summed E-state index contributed by atoms with van der Waals surface area (Å²) in [5, 5.41) is 14.7. The molecule has 1 saturated heterocycles. The maximum atomic E-state index is 13.2. The van der Waals surface area contributed by atoms with Gasteiger partial charge in [0.05, 0.1) is 14.7 Å². The van der Waals surface area contributed by atoms with Crippen LogP contribution in [0.5, 0.6) is 0 Å². The highest BCUT2D eigenvalue weighted by molar-refractivity contribution is 7.99. The maximum Gasteiger partial charge on any atom is 0.293 e. The summed E-state index contributed by atoms with van der Waals surface area (Å²) in [4.78, 5) is 26.4. The lowest BCUT2D eigenvalue weighted by atomic mass is 10.2. The fourth-order valence-electron chi connectivity index (χ4n) is 4.86. The Bertz CT molecular complexity index is 1960. The zero-order valence-corrected chi connectivity index (χ0v) is 27.2. The highest BCUT2D eigenvalue weighted by Crippen LogP contribution is 2.28. The summed E-state index contributed by atoms with van der Waals surface area (Å²) >= 11 is 1.56. The van der Waals surface area contributed by atoms with Crippen LogP contribution in [0, 0.1) is 15.9 Å². The minimum absolute atomic E-state index is 0.00796. The van der Waals surface area contributed by atoms with Crippen LogP contribution in [0.15, 0.2) is 112 Å². The van der Waals surface area contributed by atoms with Crippen molar-refractivity contribution in [1.82, 2.24) is 9.03 Å². The second-order valence-electron chi connectivity index (χ2n) is 10.4. The summed E-state index contributed by atoms with van der Waals surface area (Å²) in [6.45, 7) is 1.48. The third-order valence-corrected chi connectivity index (χ3v) is 11.6. The van der Waals surface area contributed by atoms with Crippen molar-refractivity contribution >= 4 is 54.8 Å². The topological polar surface area (TPSA) is 159 Å². The van der Waals surface area contributed by atoms with Crippen LogP contribution < -0.4 is 14.9 Å². The van der Waals surface area contributed by atoms with E-state index in [0.29, 0.717) is 31.1 Å². The average Bonchev–Trinajstić information content (AvgIpc) is 3.07. The fraction of sp³-hybridized carbons (Fsp3) is 0.194. The quantitative estimate of drug-likeness (QED) is 0.0929. The lowest BCUT2D eigenvalue weighted by Crippen LogP contribution is -2.48. The van der Waals surface area contributed by atoms with E-state index in [4.69, 9.17) is 0 Å². The fourth-order valence-corrected chi connectivity index (χ4v) is 8.06. The van der Waals surface area contributed by atoms with E-state index in [1.165, 1.54) is 40.7 Å². The van der Waals surface area contributed by atoms with Crippen LogP contribution in [0.25, 0.3) is 0 Å². The first-order valence-corrected chi connectivity index (χ1v) is 18.2. The Labute approximate surface area is 275 Å². The Morgan fingerprint density at radius 3 is 2.13 bits per heavy atom. The second-order valence-corrected chi connectivity index (χ2v) is 15.1. The van der Waals surface area contributed by atoms with Gasteiger partial charge in [-0.1, -0.05) is 18.2 Å². The first-order chi connectivity index (χ1) is 22.4. The standard InChI is InChI=1S/C31H30FN5O7S3/c32-24-8-12-27(13-9-24)47(43,44)36-19-17-35(18-20-36)25-10-6-23(7-11-25)31(38)34-46(41,42)28-14-15-29(30(22-28)37(39)40)33-16-21-45-26-4-2-1-3-5-26/h1-15,22,33H,16-21H2,(H,34,38). The van der Waals surface area contributed by atoms with Gasteiger partial charge in [0, 0.05) is 60.7 Å². The lowest BCUT2D eigenvalue weighted by molar-refractivity contribution is -0.384. The van der Waals surface area contributed by atoms with Crippen molar-refractivity contribution in [2.24, 2.45) is 0 Å². The van der Waals surface area contributed by atoms with E-state index in [2.05, 4.69) is 5.32 Å². The number of carbonyl (C=O) groups excluding carboxylic acids is 1. The molecule has 12 nitrogen and oxygen atoms in total. The summed E-state index contributed by atoms with van der Waals surface area (Å²) in [5.74, 6) is -0.833. The molecule has 1 aliphatic rings. The summed E-state index contributed by atoms with van der Waals surface area (Å²) in [6.07, 6.45) is 0. The largest absolute Gasteiger partial charge is 0.379 e. The lowest BCUT2D eigenvalue weighted by Gasteiger charge is -2.35. The first kappa shape index (κ1) is 33.8. The number of carbonyl (C=O) groups is 1. The molecule has 2 N–H and O–H groups in total. The van der Waals surface area contributed by atoms with Gasteiger partial charge in [0.25, 0.3) is 21.6 Å². The predicted octanol–water partition coefficient (Wildman–Crippen LogP) is 4.57. The number of nitrogens with zero attached hydrogens (tertiary/aromatic N) is 3. The molecule has 0 radical (unpaired) electrons. The van der Waals surface area contributed by atoms with Crippen LogP contribution in [0.4, 0.5) is 21.5 Å². The Morgan fingerprint density at radius 2 is 1.49 bits per heavy atom. The van der Waals surface area contributed by atoms with Gasteiger partial charge in [-0.3, -0.25) is 14.9 Å². The van der Waals surface area contributed by atoms with E-state index >= 15 is 0 Å². The number of nitro groups is 1. The Morgan fingerprint density at radius 1 is 0.851 bits per heavy atom. The first-order valence-electron chi connectivity index (χ1n) is 14.3. The number of nitro benzene ring substituents is 1. The van der Waals surface area contributed by atoms with Crippen LogP contribution in [0.1, 0.15) is 10.4 Å². The van der Waals surface area contributed by atoms with Crippen LogP contribution in [0.2, 0.25) is 0 Å². The van der Waals surface area contributed by atoms with Crippen molar-refractivity contribution in [1.29, 1.82) is 0 Å². The molecule has 1 aliphatic heterocycles. The normalized spacial score (nSPS) is 14.0.